The van der Waals surface area contributed by atoms with Crippen molar-refractivity contribution in [2.45, 2.75) is 20.1 Å². The normalized spacial score (nSPS) is 16.5. The van der Waals surface area contributed by atoms with E-state index in [1.807, 2.05) is 38.1 Å². The molecule has 0 bridgehead atoms. The fourth-order valence-electron chi connectivity index (χ4n) is 2.66. The zero-order valence-electron chi connectivity index (χ0n) is 12.8. The maximum atomic E-state index is 12.8. The second kappa shape index (κ2) is 6.04. The Morgan fingerprint density at radius 2 is 2.22 bits per heavy atom. The third-order valence-electron chi connectivity index (χ3n) is 3.76. The van der Waals surface area contributed by atoms with Crippen LogP contribution in [0.1, 0.15) is 39.1 Å². The number of carbonyl (C=O) groups excluding carboxylic acids is 1. The van der Waals surface area contributed by atoms with Gasteiger partial charge in [-0.05, 0) is 37.6 Å². The van der Waals surface area contributed by atoms with Crippen LogP contribution in [-0.2, 0) is 4.74 Å². The number of hydrogen-bond donors (Lipinski definition) is 2. The number of aromatic amines is 1. The Labute approximate surface area is 142 Å². The number of aryl methyl sites for hydroxylation is 1. The first-order valence-electron chi connectivity index (χ1n) is 7.13. The summed E-state index contributed by atoms with van der Waals surface area (Å²) < 4.78 is 6.50. The van der Waals surface area contributed by atoms with E-state index in [0.717, 1.165) is 21.4 Å². The van der Waals surface area contributed by atoms with Gasteiger partial charge in [0.2, 0.25) is 12.1 Å². The van der Waals surface area contributed by atoms with Crippen LogP contribution in [0, 0.1) is 13.8 Å². The number of halogens is 1. The number of rotatable bonds is 4. The smallest absolute Gasteiger partial charge is 0.232 e. The van der Waals surface area contributed by atoms with Gasteiger partial charge in [-0.25, -0.2) is 0 Å². The lowest BCUT2D eigenvalue weighted by molar-refractivity contribution is 0.103. The van der Waals surface area contributed by atoms with Gasteiger partial charge < -0.3 is 9.72 Å². The van der Waals surface area contributed by atoms with Crippen molar-refractivity contribution in [3.8, 4) is 0 Å². The number of aromatic nitrogens is 1. The van der Waals surface area contributed by atoms with E-state index < -0.39 is 6.23 Å². The number of nitrogens with zero attached hydrogens (tertiary/aromatic N) is 1. The van der Waals surface area contributed by atoms with Gasteiger partial charge in [0.05, 0.1) is 5.69 Å². The van der Waals surface area contributed by atoms with E-state index in [2.05, 4.69) is 38.0 Å². The summed E-state index contributed by atoms with van der Waals surface area (Å²) in [5.41, 5.74) is 6.64. The van der Waals surface area contributed by atoms with Gasteiger partial charge in [-0.15, -0.1) is 5.10 Å². The largest absolute Gasteiger partial charge is 0.445 e. The van der Waals surface area contributed by atoms with Crippen molar-refractivity contribution >= 4 is 27.6 Å². The average molecular weight is 374 g/mol. The Morgan fingerprint density at radius 1 is 1.43 bits per heavy atom. The molecule has 2 N–H and O–H groups in total. The molecule has 1 aromatic carbocycles. The molecule has 6 heteroatoms. The van der Waals surface area contributed by atoms with E-state index in [9.17, 15) is 4.79 Å². The SMILES string of the molecule is C=CC1=NNC(c2[nH]c(C)c(C(=O)c3cccc(Br)c3)c2C)O1. The summed E-state index contributed by atoms with van der Waals surface area (Å²) in [7, 11) is 0. The Kier molecular flexibility index (Phi) is 4.09. The summed E-state index contributed by atoms with van der Waals surface area (Å²) in [6.07, 6.45) is 1.09. The highest BCUT2D eigenvalue weighted by Gasteiger charge is 2.27. The summed E-state index contributed by atoms with van der Waals surface area (Å²) in [5.74, 6) is 0.410. The number of hydrogen-bond acceptors (Lipinski definition) is 4. The number of ketones is 1. The molecule has 1 unspecified atom stereocenters. The van der Waals surface area contributed by atoms with Crippen LogP contribution in [0.3, 0.4) is 0 Å². The second-order valence-electron chi connectivity index (χ2n) is 5.28. The second-order valence-corrected chi connectivity index (χ2v) is 6.20. The van der Waals surface area contributed by atoms with Crippen LogP contribution in [0.15, 0.2) is 46.5 Å². The number of nitrogens with one attached hydrogen (secondary N) is 2. The Balaban J connectivity index is 1.95. The molecule has 1 aliphatic rings. The standard InChI is InChI=1S/C17H16BrN3O2/c1-4-13-20-21-17(23-13)15-9(2)14(10(3)19-15)16(22)11-6-5-7-12(18)8-11/h4-8,17,19,21H,1H2,2-3H3. The van der Waals surface area contributed by atoms with E-state index in [-0.39, 0.29) is 5.78 Å². The van der Waals surface area contributed by atoms with Crippen molar-refractivity contribution in [3.05, 3.63) is 69.5 Å². The predicted molar refractivity (Wildman–Crippen MR) is 92.4 cm³/mol. The number of benzene rings is 1. The molecule has 2 heterocycles. The summed E-state index contributed by atoms with van der Waals surface area (Å²) in [6, 6.07) is 7.36. The molecule has 0 radical (unpaired) electrons. The van der Waals surface area contributed by atoms with Crippen LogP contribution in [-0.4, -0.2) is 16.7 Å². The average Bonchev–Trinajstić information content (AvgIpc) is 3.11. The molecule has 0 saturated heterocycles. The molecule has 0 saturated carbocycles. The highest BCUT2D eigenvalue weighted by Crippen LogP contribution is 2.28. The van der Waals surface area contributed by atoms with Crippen molar-refractivity contribution in [2.75, 3.05) is 0 Å². The molecule has 23 heavy (non-hydrogen) atoms. The molecule has 1 aliphatic heterocycles. The summed E-state index contributed by atoms with van der Waals surface area (Å²) >= 11 is 3.40. The maximum absolute atomic E-state index is 12.8. The van der Waals surface area contributed by atoms with Crippen molar-refractivity contribution in [1.82, 2.24) is 10.4 Å². The number of hydrazone groups is 1. The molecule has 5 nitrogen and oxygen atoms in total. The van der Waals surface area contributed by atoms with Gasteiger partial charge in [0.15, 0.2) is 5.78 Å². The van der Waals surface area contributed by atoms with E-state index in [1.165, 1.54) is 6.08 Å². The number of carbonyl (C=O) groups is 1. The van der Waals surface area contributed by atoms with Crippen molar-refractivity contribution < 1.29 is 9.53 Å². The van der Waals surface area contributed by atoms with E-state index in [4.69, 9.17) is 4.74 Å². The lowest BCUT2D eigenvalue weighted by Crippen LogP contribution is -2.14. The third kappa shape index (κ3) is 2.82. The molecule has 0 fully saturated rings. The maximum Gasteiger partial charge on any atom is 0.232 e. The Morgan fingerprint density at radius 3 is 2.87 bits per heavy atom. The monoisotopic (exact) mass is 373 g/mol. The number of ether oxygens (including phenoxy) is 1. The Bertz CT molecular complexity index is 823. The Hall–Kier alpha value is -2.34. The molecule has 0 amide bonds. The third-order valence-corrected chi connectivity index (χ3v) is 4.25. The number of H-pyrrole nitrogens is 1. The fraction of sp³-hybridized carbons (Fsp3) is 0.176. The van der Waals surface area contributed by atoms with Gasteiger partial charge in [0.25, 0.3) is 0 Å². The van der Waals surface area contributed by atoms with Gasteiger partial charge in [0, 0.05) is 21.3 Å². The molecule has 2 aromatic rings. The lowest BCUT2D eigenvalue weighted by Gasteiger charge is -2.10. The minimum Gasteiger partial charge on any atom is -0.445 e. The van der Waals surface area contributed by atoms with Crippen LogP contribution >= 0.6 is 15.9 Å². The first-order valence-corrected chi connectivity index (χ1v) is 7.92. The van der Waals surface area contributed by atoms with Gasteiger partial charge in [0.1, 0.15) is 0 Å². The van der Waals surface area contributed by atoms with Crippen LogP contribution in [0.4, 0.5) is 0 Å². The van der Waals surface area contributed by atoms with Gasteiger partial charge >= 0.3 is 0 Å². The van der Waals surface area contributed by atoms with E-state index in [1.54, 1.807) is 0 Å². The molecular formula is C17H16BrN3O2. The molecular weight excluding hydrogens is 358 g/mol. The highest BCUT2D eigenvalue weighted by molar-refractivity contribution is 9.10. The fourth-order valence-corrected chi connectivity index (χ4v) is 3.06. The van der Waals surface area contributed by atoms with E-state index >= 15 is 0 Å². The molecule has 1 atom stereocenters. The minimum absolute atomic E-state index is 0.0216. The van der Waals surface area contributed by atoms with Crippen LogP contribution in [0.2, 0.25) is 0 Å². The first kappa shape index (κ1) is 15.6. The van der Waals surface area contributed by atoms with Crippen molar-refractivity contribution in [1.29, 1.82) is 0 Å². The van der Waals surface area contributed by atoms with Crippen molar-refractivity contribution in [3.63, 3.8) is 0 Å². The minimum atomic E-state index is -0.439. The topological polar surface area (TPSA) is 66.5 Å². The van der Waals surface area contributed by atoms with Gasteiger partial charge in [-0.1, -0.05) is 34.6 Å². The van der Waals surface area contributed by atoms with Gasteiger partial charge in [-0.3, -0.25) is 10.2 Å². The zero-order chi connectivity index (χ0) is 16.6. The van der Waals surface area contributed by atoms with Crippen LogP contribution < -0.4 is 5.43 Å². The summed E-state index contributed by atoms with van der Waals surface area (Å²) in [6.45, 7) is 7.41. The van der Waals surface area contributed by atoms with E-state index in [0.29, 0.717) is 17.0 Å². The summed E-state index contributed by atoms with van der Waals surface area (Å²) in [4.78, 5) is 16.1. The lowest BCUT2D eigenvalue weighted by atomic mass is 9.99. The molecule has 3 rings (SSSR count). The highest BCUT2D eigenvalue weighted by atomic mass is 79.9. The van der Waals surface area contributed by atoms with Crippen LogP contribution in [0.5, 0.6) is 0 Å². The molecule has 1 aromatic heterocycles. The van der Waals surface area contributed by atoms with Crippen LogP contribution in [0.25, 0.3) is 0 Å². The molecule has 0 aliphatic carbocycles. The first-order chi connectivity index (χ1) is 11.0. The van der Waals surface area contributed by atoms with Crippen molar-refractivity contribution in [2.24, 2.45) is 5.10 Å². The van der Waals surface area contributed by atoms with Gasteiger partial charge in [-0.2, -0.15) is 0 Å². The molecule has 0 spiro atoms. The quantitative estimate of drug-likeness (QED) is 0.802. The molecule has 118 valence electrons. The zero-order valence-corrected chi connectivity index (χ0v) is 14.4. The predicted octanol–water partition coefficient (Wildman–Crippen LogP) is 3.74. The summed E-state index contributed by atoms with van der Waals surface area (Å²) in [5, 5.41) is 4.02.